The molecule has 0 saturated carbocycles. The number of hydrogen-bond donors (Lipinski definition) is 2. The van der Waals surface area contributed by atoms with Crippen LogP contribution in [0.3, 0.4) is 0 Å². The SMILES string of the molecule is COc1c(F)cc(C#N)cc1N(CC(=O)NCCNC(C)C)CC(=O)N(C)N1Cc2ccccc2C1. The lowest BCUT2D eigenvalue weighted by Crippen LogP contribution is -2.48. The fraction of sp³-hybridized carbons (Fsp3) is 0.423. The van der Waals surface area contributed by atoms with Crippen LogP contribution in [0, 0.1) is 17.1 Å². The number of carbonyl (C=O) groups is 2. The number of carbonyl (C=O) groups excluding carboxylic acids is 2. The number of amides is 2. The fourth-order valence-electron chi connectivity index (χ4n) is 4.05. The Labute approximate surface area is 211 Å². The van der Waals surface area contributed by atoms with Crippen LogP contribution in [0.2, 0.25) is 0 Å². The van der Waals surface area contributed by atoms with E-state index in [1.165, 1.54) is 23.1 Å². The van der Waals surface area contributed by atoms with Gasteiger partial charge in [0.05, 0.1) is 37.5 Å². The molecule has 2 amide bonds. The van der Waals surface area contributed by atoms with Crippen molar-refractivity contribution in [3.63, 3.8) is 0 Å². The van der Waals surface area contributed by atoms with Crippen molar-refractivity contribution < 1.29 is 18.7 Å². The summed E-state index contributed by atoms with van der Waals surface area (Å²) >= 11 is 0. The van der Waals surface area contributed by atoms with Crippen molar-refractivity contribution in [2.45, 2.75) is 33.0 Å². The average Bonchev–Trinajstić information content (AvgIpc) is 3.29. The lowest BCUT2D eigenvalue weighted by Gasteiger charge is -2.32. The maximum Gasteiger partial charge on any atom is 0.256 e. The summed E-state index contributed by atoms with van der Waals surface area (Å²) in [5.41, 5.74) is 2.52. The van der Waals surface area contributed by atoms with E-state index in [0.717, 1.165) is 17.2 Å². The van der Waals surface area contributed by atoms with Gasteiger partial charge in [-0.3, -0.25) is 14.6 Å². The number of fused-ring (bicyclic) bond motifs is 1. The second kappa shape index (κ2) is 12.3. The Morgan fingerprint density at radius 3 is 2.42 bits per heavy atom. The van der Waals surface area contributed by atoms with Gasteiger partial charge < -0.3 is 20.3 Å². The smallest absolute Gasteiger partial charge is 0.256 e. The monoisotopic (exact) mass is 496 g/mol. The first-order valence-corrected chi connectivity index (χ1v) is 11.8. The number of halogens is 1. The van der Waals surface area contributed by atoms with E-state index in [2.05, 4.69) is 10.6 Å². The Morgan fingerprint density at radius 1 is 1.17 bits per heavy atom. The van der Waals surface area contributed by atoms with Gasteiger partial charge in [0, 0.05) is 39.3 Å². The van der Waals surface area contributed by atoms with Gasteiger partial charge in [0.1, 0.15) is 0 Å². The third kappa shape index (κ3) is 6.71. The molecule has 0 saturated heterocycles. The Bertz CT molecular complexity index is 1110. The highest BCUT2D eigenvalue weighted by Gasteiger charge is 2.28. The van der Waals surface area contributed by atoms with E-state index in [1.54, 1.807) is 7.05 Å². The standard InChI is InChI=1S/C26H33FN6O3/c1-18(2)29-9-10-30-24(34)16-32(23-12-19(13-28)11-22(27)26(23)36-4)17-25(35)31(3)33-14-20-7-5-6-8-21(20)15-33/h5-8,11-12,18,29H,9-10,14-17H2,1-4H3,(H,30,34). The Morgan fingerprint density at radius 2 is 1.83 bits per heavy atom. The van der Waals surface area contributed by atoms with E-state index in [0.29, 0.717) is 26.2 Å². The molecule has 0 bridgehead atoms. The van der Waals surface area contributed by atoms with Crippen LogP contribution < -0.4 is 20.3 Å². The van der Waals surface area contributed by atoms with Crippen LogP contribution in [0.4, 0.5) is 10.1 Å². The third-order valence-electron chi connectivity index (χ3n) is 5.97. The van der Waals surface area contributed by atoms with Crippen LogP contribution in [-0.4, -0.2) is 68.2 Å². The molecule has 192 valence electrons. The van der Waals surface area contributed by atoms with Crippen LogP contribution in [0.5, 0.6) is 5.75 Å². The zero-order chi connectivity index (χ0) is 26.2. The molecule has 1 heterocycles. The van der Waals surface area contributed by atoms with Crippen LogP contribution in [-0.2, 0) is 22.7 Å². The van der Waals surface area contributed by atoms with E-state index in [1.807, 2.05) is 49.2 Å². The first-order chi connectivity index (χ1) is 17.2. The maximum absolute atomic E-state index is 14.7. The largest absolute Gasteiger partial charge is 0.492 e. The summed E-state index contributed by atoms with van der Waals surface area (Å²) in [5, 5.41) is 18.8. The topological polar surface area (TPSA) is 101 Å². The highest BCUT2D eigenvalue weighted by molar-refractivity contribution is 5.87. The molecule has 1 aliphatic heterocycles. The lowest BCUT2D eigenvalue weighted by molar-refractivity contribution is -0.145. The zero-order valence-electron chi connectivity index (χ0n) is 21.2. The summed E-state index contributed by atoms with van der Waals surface area (Å²) in [6.45, 7) is 5.74. The van der Waals surface area contributed by atoms with Gasteiger partial charge in [-0.15, -0.1) is 0 Å². The maximum atomic E-state index is 14.7. The molecule has 3 rings (SSSR count). The van der Waals surface area contributed by atoms with E-state index in [4.69, 9.17) is 4.74 Å². The summed E-state index contributed by atoms with van der Waals surface area (Å²) in [5.74, 6) is -1.50. The Kier molecular flexibility index (Phi) is 9.22. The van der Waals surface area contributed by atoms with Gasteiger partial charge in [-0.1, -0.05) is 38.1 Å². The molecule has 10 heteroatoms. The first kappa shape index (κ1) is 26.9. The molecule has 0 unspecified atom stereocenters. The number of benzene rings is 2. The summed E-state index contributed by atoms with van der Waals surface area (Å²) in [7, 11) is 2.98. The fourth-order valence-corrected chi connectivity index (χ4v) is 4.05. The number of hydrazine groups is 1. The number of hydrogen-bond acceptors (Lipinski definition) is 7. The van der Waals surface area contributed by atoms with Crippen LogP contribution in [0.25, 0.3) is 0 Å². The van der Waals surface area contributed by atoms with E-state index in [9.17, 15) is 19.2 Å². The minimum absolute atomic E-state index is 0.0608. The number of rotatable bonds is 11. The molecule has 0 atom stereocenters. The molecular formula is C26H33FN6O3. The van der Waals surface area contributed by atoms with E-state index in [-0.39, 0.29) is 47.9 Å². The highest BCUT2D eigenvalue weighted by Crippen LogP contribution is 2.33. The van der Waals surface area contributed by atoms with Crippen molar-refractivity contribution in [3.05, 3.63) is 58.9 Å². The van der Waals surface area contributed by atoms with Gasteiger partial charge in [0.15, 0.2) is 11.6 Å². The van der Waals surface area contributed by atoms with Crippen molar-refractivity contribution >= 4 is 17.5 Å². The van der Waals surface area contributed by atoms with Crippen molar-refractivity contribution in [1.82, 2.24) is 20.7 Å². The Hall–Kier alpha value is -3.68. The van der Waals surface area contributed by atoms with Gasteiger partial charge in [-0.2, -0.15) is 5.26 Å². The van der Waals surface area contributed by atoms with Gasteiger partial charge in [-0.05, 0) is 23.3 Å². The average molecular weight is 497 g/mol. The third-order valence-corrected chi connectivity index (χ3v) is 5.97. The van der Waals surface area contributed by atoms with Crippen LogP contribution in [0.15, 0.2) is 36.4 Å². The first-order valence-electron chi connectivity index (χ1n) is 11.8. The minimum atomic E-state index is -0.742. The molecule has 0 aliphatic carbocycles. The second-order valence-corrected chi connectivity index (χ2v) is 8.95. The number of methoxy groups -OCH3 is 1. The second-order valence-electron chi connectivity index (χ2n) is 8.95. The normalized spacial score (nSPS) is 12.7. The summed E-state index contributed by atoms with van der Waals surface area (Å²) < 4.78 is 19.9. The van der Waals surface area contributed by atoms with Crippen molar-refractivity contribution in [2.24, 2.45) is 0 Å². The quantitative estimate of drug-likeness (QED) is 0.459. The zero-order valence-corrected chi connectivity index (χ0v) is 21.2. The molecule has 0 aromatic heterocycles. The molecule has 0 fully saturated rings. The molecule has 9 nitrogen and oxygen atoms in total. The summed E-state index contributed by atoms with van der Waals surface area (Å²) in [4.78, 5) is 27.5. The number of nitrogens with one attached hydrogen (secondary N) is 2. The molecular weight excluding hydrogens is 463 g/mol. The number of nitrogens with zero attached hydrogens (tertiary/aromatic N) is 4. The molecule has 1 aliphatic rings. The van der Waals surface area contributed by atoms with Crippen molar-refractivity contribution in [1.29, 1.82) is 5.26 Å². The van der Waals surface area contributed by atoms with E-state index >= 15 is 0 Å². The highest BCUT2D eigenvalue weighted by atomic mass is 19.1. The van der Waals surface area contributed by atoms with Gasteiger partial charge in [-0.25, -0.2) is 9.40 Å². The van der Waals surface area contributed by atoms with Crippen molar-refractivity contribution in [2.75, 3.05) is 45.2 Å². The molecule has 2 N–H and O–H groups in total. The molecule has 0 spiro atoms. The summed E-state index contributed by atoms with van der Waals surface area (Å²) in [6.07, 6.45) is 0. The van der Waals surface area contributed by atoms with Crippen molar-refractivity contribution in [3.8, 4) is 11.8 Å². The number of ether oxygens (including phenoxy) is 1. The van der Waals surface area contributed by atoms with Crippen LogP contribution in [0.1, 0.15) is 30.5 Å². The van der Waals surface area contributed by atoms with Gasteiger partial charge >= 0.3 is 0 Å². The Balaban J connectivity index is 1.79. The van der Waals surface area contributed by atoms with E-state index < -0.39 is 5.82 Å². The predicted octanol–water partition coefficient (Wildman–Crippen LogP) is 2.02. The molecule has 2 aromatic carbocycles. The minimum Gasteiger partial charge on any atom is -0.492 e. The van der Waals surface area contributed by atoms with Crippen LogP contribution >= 0.6 is 0 Å². The molecule has 36 heavy (non-hydrogen) atoms. The van der Waals surface area contributed by atoms with Gasteiger partial charge in [0.2, 0.25) is 5.91 Å². The predicted molar refractivity (Wildman–Crippen MR) is 134 cm³/mol. The number of anilines is 1. The summed E-state index contributed by atoms with van der Waals surface area (Å²) in [6, 6.07) is 12.7. The molecule has 2 aromatic rings. The van der Waals surface area contributed by atoms with Gasteiger partial charge in [0.25, 0.3) is 5.91 Å². The number of nitriles is 1. The molecule has 0 radical (unpaired) electrons. The lowest BCUT2D eigenvalue weighted by atomic mass is 10.1. The number of likely N-dealkylation sites (N-methyl/N-ethyl adjacent to an activating group) is 1.